The highest BCUT2D eigenvalue weighted by atomic mass is 16.3. The summed E-state index contributed by atoms with van der Waals surface area (Å²) >= 11 is 0. The van der Waals surface area contributed by atoms with Crippen LogP contribution in [0.3, 0.4) is 0 Å². The van der Waals surface area contributed by atoms with E-state index in [1.807, 2.05) is 6.20 Å². The topological polar surface area (TPSA) is 65.0 Å². The van der Waals surface area contributed by atoms with Crippen LogP contribution in [0.15, 0.2) is 12.5 Å². The molecular formula is C16H24N4O. The molecule has 2 aromatic heterocycles. The minimum Gasteiger partial charge on any atom is -0.396 e. The summed E-state index contributed by atoms with van der Waals surface area (Å²) in [6.45, 7) is 6.53. The first kappa shape index (κ1) is 14.3. The van der Waals surface area contributed by atoms with Crippen LogP contribution in [0.5, 0.6) is 0 Å². The van der Waals surface area contributed by atoms with Crippen LogP contribution in [0.1, 0.15) is 38.7 Å². The molecule has 0 amide bonds. The van der Waals surface area contributed by atoms with E-state index in [0.717, 1.165) is 55.6 Å². The first-order chi connectivity index (χ1) is 10.2. The molecule has 0 aromatic carbocycles. The van der Waals surface area contributed by atoms with Gasteiger partial charge in [0.1, 0.15) is 17.8 Å². The lowest BCUT2D eigenvalue weighted by Crippen LogP contribution is -2.42. The lowest BCUT2D eigenvalue weighted by atomic mass is 9.77. The third-order valence-corrected chi connectivity index (χ3v) is 5.12. The molecular weight excluding hydrogens is 264 g/mol. The maximum Gasteiger partial charge on any atom is 0.143 e. The Balaban J connectivity index is 1.90. The van der Waals surface area contributed by atoms with Crippen molar-refractivity contribution in [2.24, 2.45) is 5.41 Å². The van der Waals surface area contributed by atoms with E-state index in [-0.39, 0.29) is 5.41 Å². The zero-order valence-corrected chi connectivity index (χ0v) is 12.9. The van der Waals surface area contributed by atoms with Crippen LogP contribution in [0, 0.1) is 5.41 Å². The molecule has 5 nitrogen and oxygen atoms in total. The molecule has 0 bridgehead atoms. The van der Waals surface area contributed by atoms with E-state index in [9.17, 15) is 5.11 Å². The number of rotatable bonds is 4. The Morgan fingerprint density at radius 1 is 1.29 bits per heavy atom. The molecule has 114 valence electrons. The molecule has 0 saturated carbocycles. The van der Waals surface area contributed by atoms with E-state index in [1.54, 1.807) is 6.33 Å². The van der Waals surface area contributed by atoms with Gasteiger partial charge in [-0.3, -0.25) is 0 Å². The molecule has 1 aliphatic heterocycles. The number of hydrogen-bond donors (Lipinski definition) is 2. The quantitative estimate of drug-likeness (QED) is 0.907. The van der Waals surface area contributed by atoms with Gasteiger partial charge in [-0.05, 0) is 36.7 Å². The van der Waals surface area contributed by atoms with Gasteiger partial charge >= 0.3 is 0 Å². The molecule has 3 heterocycles. The van der Waals surface area contributed by atoms with Crippen molar-refractivity contribution in [3.63, 3.8) is 0 Å². The van der Waals surface area contributed by atoms with Crippen molar-refractivity contribution < 1.29 is 5.11 Å². The average Bonchev–Trinajstić information content (AvgIpc) is 2.98. The number of aromatic amines is 1. The predicted octanol–water partition coefficient (Wildman–Crippen LogP) is 2.51. The maximum atomic E-state index is 9.67. The Kier molecular flexibility index (Phi) is 3.85. The summed E-state index contributed by atoms with van der Waals surface area (Å²) in [6.07, 6.45) is 7.75. The molecule has 5 heteroatoms. The van der Waals surface area contributed by atoms with Gasteiger partial charge in [-0.1, -0.05) is 13.8 Å². The van der Waals surface area contributed by atoms with Crippen molar-refractivity contribution in [2.75, 3.05) is 24.6 Å². The highest BCUT2D eigenvalue weighted by Gasteiger charge is 2.33. The van der Waals surface area contributed by atoms with Crippen molar-refractivity contribution in [3.8, 4) is 0 Å². The average molecular weight is 288 g/mol. The zero-order valence-electron chi connectivity index (χ0n) is 12.9. The van der Waals surface area contributed by atoms with Crippen LogP contribution >= 0.6 is 0 Å². The van der Waals surface area contributed by atoms with Crippen LogP contribution in [-0.2, 0) is 6.42 Å². The Bertz CT molecular complexity index is 608. The standard InChI is InChI=1S/C16H24N4O/c1-3-12-9-17-14-13(12)15(19-11-18-14)20-7-5-16(4-2,10-21)6-8-20/h9,11,21H,3-8,10H2,1-2H3,(H,17,18,19). The molecule has 1 saturated heterocycles. The van der Waals surface area contributed by atoms with Gasteiger partial charge in [0.2, 0.25) is 0 Å². The summed E-state index contributed by atoms with van der Waals surface area (Å²) < 4.78 is 0. The van der Waals surface area contributed by atoms with E-state index in [0.29, 0.717) is 6.61 Å². The Morgan fingerprint density at radius 3 is 2.67 bits per heavy atom. The number of aliphatic hydroxyl groups excluding tert-OH is 1. The number of hydrogen-bond acceptors (Lipinski definition) is 4. The van der Waals surface area contributed by atoms with E-state index in [2.05, 4.69) is 33.7 Å². The predicted molar refractivity (Wildman–Crippen MR) is 84.5 cm³/mol. The second-order valence-electron chi connectivity index (χ2n) is 6.09. The van der Waals surface area contributed by atoms with Gasteiger partial charge in [0.05, 0.1) is 5.39 Å². The molecule has 0 aliphatic carbocycles. The van der Waals surface area contributed by atoms with Gasteiger partial charge in [0.15, 0.2) is 0 Å². The monoisotopic (exact) mass is 288 g/mol. The van der Waals surface area contributed by atoms with E-state index in [4.69, 9.17) is 0 Å². The number of aliphatic hydroxyl groups is 1. The smallest absolute Gasteiger partial charge is 0.143 e. The minimum atomic E-state index is 0.106. The summed E-state index contributed by atoms with van der Waals surface area (Å²) in [5.41, 5.74) is 2.30. The number of aryl methyl sites for hydroxylation is 1. The fraction of sp³-hybridized carbons (Fsp3) is 0.625. The first-order valence-corrected chi connectivity index (χ1v) is 7.90. The zero-order chi connectivity index (χ0) is 14.9. The van der Waals surface area contributed by atoms with Crippen LogP contribution in [0.2, 0.25) is 0 Å². The van der Waals surface area contributed by atoms with Crippen molar-refractivity contribution >= 4 is 16.9 Å². The normalized spacial score (nSPS) is 18.3. The van der Waals surface area contributed by atoms with E-state index < -0.39 is 0 Å². The fourth-order valence-electron chi connectivity index (χ4n) is 3.34. The Morgan fingerprint density at radius 2 is 2.05 bits per heavy atom. The summed E-state index contributed by atoms with van der Waals surface area (Å²) in [4.78, 5) is 14.5. The lowest BCUT2D eigenvalue weighted by molar-refractivity contribution is 0.0921. The summed E-state index contributed by atoms with van der Waals surface area (Å²) in [5.74, 6) is 1.04. The number of fused-ring (bicyclic) bond motifs is 1. The number of piperidine rings is 1. The molecule has 0 spiro atoms. The Hall–Kier alpha value is -1.62. The molecule has 0 atom stereocenters. The van der Waals surface area contributed by atoms with Gasteiger partial charge in [-0.15, -0.1) is 0 Å². The van der Waals surface area contributed by atoms with Crippen LogP contribution in [-0.4, -0.2) is 39.8 Å². The van der Waals surface area contributed by atoms with Crippen LogP contribution < -0.4 is 4.90 Å². The van der Waals surface area contributed by atoms with Gasteiger partial charge in [0, 0.05) is 25.9 Å². The molecule has 2 aromatic rings. The second-order valence-corrected chi connectivity index (χ2v) is 6.09. The third kappa shape index (κ3) is 2.39. The van der Waals surface area contributed by atoms with Crippen molar-refractivity contribution in [2.45, 2.75) is 39.5 Å². The third-order valence-electron chi connectivity index (χ3n) is 5.12. The van der Waals surface area contributed by atoms with Crippen LogP contribution in [0.25, 0.3) is 11.0 Å². The van der Waals surface area contributed by atoms with E-state index in [1.165, 1.54) is 5.56 Å². The highest BCUT2D eigenvalue weighted by molar-refractivity contribution is 5.90. The summed E-state index contributed by atoms with van der Waals surface area (Å²) in [7, 11) is 0. The SMILES string of the molecule is CCc1c[nH]c2ncnc(N3CCC(CC)(CO)CC3)c12. The summed E-state index contributed by atoms with van der Waals surface area (Å²) in [5, 5.41) is 10.8. The molecule has 3 rings (SSSR count). The van der Waals surface area contributed by atoms with Gasteiger partial charge < -0.3 is 15.0 Å². The summed E-state index contributed by atoms with van der Waals surface area (Å²) in [6, 6.07) is 0. The fourth-order valence-corrected chi connectivity index (χ4v) is 3.34. The minimum absolute atomic E-state index is 0.106. The van der Waals surface area contributed by atoms with Crippen LogP contribution in [0.4, 0.5) is 5.82 Å². The van der Waals surface area contributed by atoms with Gasteiger partial charge in [0.25, 0.3) is 0 Å². The van der Waals surface area contributed by atoms with Crippen molar-refractivity contribution in [1.82, 2.24) is 15.0 Å². The number of nitrogens with zero attached hydrogens (tertiary/aromatic N) is 3. The number of nitrogens with one attached hydrogen (secondary N) is 1. The molecule has 1 fully saturated rings. The molecule has 21 heavy (non-hydrogen) atoms. The number of H-pyrrole nitrogens is 1. The van der Waals surface area contributed by atoms with Crippen molar-refractivity contribution in [3.05, 3.63) is 18.1 Å². The number of aromatic nitrogens is 3. The van der Waals surface area contributed by atoms with Crippen molar-refractivity contribution in [1.29, 1.82) is 0 Å². The molecule has 2 N–H and O–H groups in total. The second kappa shape index (κ2) is 5.64. The lowest BCUT2D eigenvalue weighted by Gasteiger charge is -2.40. The molecule has 0 radical (unpaired) electrons. The Labute approximate surface area is 125 Å². The molecule has 1 aliphatic rings. The first-order valence-electron chi connectivity index (χ1n) is 7.90. The maximum absolute atomic E-state index is 9.67. The van der Waals surface area contributed by atoms with E-state index >= 15 is 0 Å². The van der Waals surface area contributed by atoms with Gasteiger partial charge in [-0.25, -0.2) is 9.97 Å². The number of anilines is 1. The van der Waals surface area contributed by atoms with Gasteiger partial charge in [-0.2, -0.15) is 0 Å². The largest absolute Gasteiger partial charge is 0.396 e. The molecule has 0 unspecified atom stereocenters. The highest BCUT2D eigenvalue weighted by Crippen LogP contribution is 2.37.